The van der Waals surface area contributed by atoms with Crippen LogP contribution in [0.25, 0.3) is 10.1 Å². The number of amides is 1. The van der Waals surface area contributed by atoms with E-state index in [4.69, 9.17) is 5.11 Å². The second-order valence-corrected chi connectivity index (χ2v) is 6.09. The topological polar surface area (TPSA) is 49.3 Å². The molecule has 0 bridgehead atoms. The fourth-order valence-corrected chi connectivity index (χ4v) is 3.73. The number of aliphatic hydroxyl groups is 1. The molecular weight excluding hydrogens is 258 g/mol. The van der Waals surface area contributed by atoms with Crippen LogP contribution in [0.3, 0.4) is 0 Å². The molecular formula is C15H17NO2S. The van der Waals surface area contributed by atoms with E-state index in [1.807, 2.05) is 29.6 Å². The van der Waals surface area contributed by atoms with E-state index in [0.29, 0.717) is 5.92 Å². The van der Waals surface area contributed by atoms with Crippen molar-refractivity contribution in [2.45, 2.75) is 25.3 Å². The number of fused-ring (bicyclic) bond motifs is 1. The van der Waals surface area contributed by atoms with Crippen molar-refractivity contribution in [3.05, 3.63) is 35.2 Å². The summed E-state index contributed by atoms with van der Waals surface area (Å²) in [6, 6.07) is 8.19. The molecule has 0 radical (unpaired) electrons. The molecule has 1 amide bonds. The summed E-state index contributed by atoms with van der Waals surface area (Å²) in [6.45, 7) is 0.230. The van der Waals surface area contributed by atoms with Gasteiger partial charge in [0.15, 0.2) is 0 Å². The molecule has 19 heavy (non-hydrogen) atoms. The van der Waals surface area contributed by atoms with Gasteiger partial charge in [-0.05, 0) is 31.2 Å². The van der Waals surface area contributed by atoms with Gasteiger partial charge in [-0.1, -0.05) is 18.2 Å². The maximum Gasteiger partial charge on any atom is 0.252 e. The Bertz CT molecular complexity index is 593. The van der Waals surface area contributed by atoms with Crippen LogP contribution in [0.15, 0.2) is 29.6 Å². The lowest BCUT2D eigenvalue weighted by molar-refractivity contribution is 0.0938. The fraction of sp³-hybridized carbons (Fsp3) is 0.400. The number of nitrogens with one attached hydrogen (secondary N) is 1. The number of benzene rings is 1. The second kappa shape index (κ2) is 5.31. The number of carbonyl (C=O) groups excluding carboxylic acids is 1. The van der Waals surface area contributed by atoms with Gasteiger partial charge >= 0.3 is 0 Å². The average Bonchev–Trinajstić information content (AvgIpc) is 3.04. The zero-order valence-electron chi connectivity index (χ0n) is 10.6. The van der Waals surface area contributed by atoms with E-state index < -0.39 is 0 Å². The monoisotopic (exact) mass is 275 g/mol. The summed E-state index contributed by atoms with van der Waals surface area (Å²) in [5.41, 5.74) is 0.771. The van der Waals surface area contributed by atoms with E-state index in [-0.39, 0.29) is 18.6 Å². The Hall–Kier alpha value is -1.39. The Morgan fingerprint density at radius 2 is 2.21 bits per heavy atom. The van der Waals surface area contributed by atoms with Crippen molar-refractivity contribution in [1.29, 1.82) is 0 Å². The standard InChI is InChI=1S/C15H17NO2S/c17-8-10-5-6-11(7-10)16-15(18)13-9-19-14-4-2-1-3-12(13)14/h1-4,9-11,17H,5-8H2,(H,16,18)/t10-,11+/m1/s1. The number of carbonyl (C=O) groups is 1. The van der Waals surface area contributed by atoms with Gasteiger partial charge in [-0.2, -0.15) is 0 Å². The summed E-state index contributed by atoms with van der Waals surface area (Å²) >= 11 is 1.60. The zero-order valence-corrected chi connectivity index (χ0v) is 11.5. The molecule has 100 valence electrons. The number of rotatable bonds is 3. The van der Waals surface area contributed by atoms with E-state index in [1.54, 1.807) is 11.3 Å². The normalized spacial score (nSPS) is 22.8. The highest BCUT2D eigenvalue weighted by Gasteiger charge is 2.26. The lowest BCUT2D eigenvalue weighted by Crippen LogP contribution is -2.32. The molecule has 1 fully saturated rings. The first-order valence-corrected chi connectivity index (χ1v) is 7.54. The molecule has 3 nitrogen and oxygen atoms in total. The fourth-order valence-electron chi connectivity index (χ4n) is 2.79. The summed E-state index contributed by atoms with van der Waals surface area (Å²) < 4.78 is 1.15. The zero-order chi connectivity index (χ0) is 13.2. The van der Waals surface area contributed by atoms with Gasteiger partial charge in [0, 0.05) is 28.1 Å². The molecule has 0 unspecified atom stereocenters. The van der Waals surface area contributed by atoms with Crippen LogP contribution in [0.2, 0.25) is 0 Å². The minimum absolute atomic E-state index is 0.0149. The van der Waals surface area contributed by atoms with E-state index >= 15 is 0 Å². The van der Waals surface area contributed by atoms with Gasteiger partial charge in [0.05, 0.1) is 5.56 Å². The Kier molecular flexibility index (Phi) is 3.53. The molecule has 2 aromatic rings. The molecule has 2 atom stereocenters. The van der Waals surface area contributed by atoms with Crippen LogP contribution in [0.4, 0.5) is 0 Å². The van der Waals surface area contributed by atoms with Gasteiger partial charge in [0.2, 0.25) is 0 Å². The number of hydrogen-bond acceptors (Lipinski definition) is 3. The Balaban J connectivity index is 1.74. The highest BCUT2D eigenvalue weighted by molar-refractivity contribution is 7.17. The first-order chi connectivity index (χ1) is 9.28. The average molecular weight is 275 g/mol. The molecule has 0 spiro atoms. The molecule has 0 aliphatic heterocycles. The van der Waals surface area contributed by atoms with Gasteiger partial charge < -0.3 is 10.4 Å². The van der Waals surface area contributed by atoms with E-state index in [2.05, 4.69) is 5.32 Å². The maximum absolute atomic E-state index is 12.3. The Morgan fingerprint density at radius 3 is 3.00 bits per heavy atom. The quantitative estimate of drug-likeness (QED) is 0.905. The molecule has 1 aliphatic carbocycles. The van der Waals surface area contributed by atoms with Crippen LogP contribution in [0, 0.1) is 5.92 Å². The summed E-state index contributed by atoms with van der Waals surface area (Å²) in [7, 11) is 0. The molecule has 1 saturated carbocycles. The minimum Gasteiger partial charge on any atom is -0.396 e. The van der Waals surface area contributed by atoms with Crippen molar-refractivity contribution in [3.63, 3.8) is 0 Å². The summed E-state index contributed by atoms with van der Waals surface area (Å²) in [6.07, 6.45) is 2.87. The van der Waals surface area contributed by atoms with Crippen LogP contribution in [-0.2, 0) is 0 Å². The highest BCUT2D eigenvalue weighted by atomic mass is 32.1. The van der Waals surface area contributed by atoms with Gasteiger partial charge in [-0.15, -0.1) is 11.3 Å². The SMILES string of the molecule is O=C(N[C@H]1CC[C@@H](CO)C1)c1csc2ccccc12. The van der Waals surface area contributed by atoms with Crippen molar-refractivity contribution in [1.82, 2.24) is 5.32 Å². The van der Waals surface area contributed by atoms with Crippen LogP contribution < -0.4 is 5.32 Å². The van der Waals surface area contributed by atoms with E-state index in [9.17, 15) is 4.79 Å². The Labute approximate surface area is 116 Å². The lowest BCUT2D eigenvalue weighted by Gasteiger charge is -2.12. The molecule has 3 rings (SSSR count). The third-order valence-electron chi connectivity index (χ3n) is 3.86. The molecule has 0 saturated heterocycles. The lowest BCUT2D eigenvalue weighted by atomic mass is 10.1. The largest absolute Gasteiger partial charge is 0.396 e. The van der Waals surface area contributed by atoms with Crippen molar-refractivity contribution in [2.24, 2.45) is 5.92 Å². The summed E-state index contributed by atoms with van der Waals surface area (Å²) in [5, 5.41) is 15.2. The van der Waals surface area contributed by atoms with Crippen molar-refractivity contribution >= 4 is 27.3 Å². The van der Waals surface area contributed by atoms with Crippen LogP contribution >= 0.6 is 11.3 Å². The van der Waals surface area contributed by atoms with E-state index in [0.717, 1.165) is 34.9 Å². The molecule has 1 aliphatic rings. The van der Waals surface area contributed by atoms with Crippen molar-refractivity contribution in [2.75, 3.05) is 6.61 Å². The second-order valence-electron chi connectivity index (χ2n) is 5.18. The van der Waals surface area contributed by atoms with Crippen molar-refractivity contribution < 1.29 is 9.90 Å². The molecule has 1 aromatic carbocycles. The van der Waals surface area contributed by atoms with Crippen LogP contribution in [0.1, 0.15) is 29.6 Å². The molecule has 2 N–H and O–H groups in total. The van der Waals surface area contributed by atoms with Gasteiger partial charge in [-0.3, -0.25) is 4.79 Å². The van der Waals surface area contributed by atoms with Crippen LogP contribution in [-0.4, -0.2) is 23.7 Å². The predicted octanol–water partition coefficient (Wildman–Crippen LogP) is 2.79. The third kappa shape index (κ3) is 2.51. The predicted molar refractivity (Wildman–Crippen MR) is 77.5 cm³/mol. The molecule has 4 heteroatoms. The minimum atomic E-state index is 0.0149. The number of thiophene rings is 1. The molecule has 1 heterocycles. The van der Waals surface area contributed by atoms with E-state index in [1.165, 1.54) is 0 Å². The van der Waals surface area contributed by atoms with Gasteiger partial charge in [0.1, 0.15) is 0 Å². The number of hydrogen-bond donors (Lipinski definition) is 2. The maximum atomic E-state index is 12.3. The van der Waals surface area contributed by atoms with Crippen LogP contribution in [0.5, 0.6) is 0 Å². The third-order valence-corrected chi connectivity index (χ3v) is 4.82. The smallest absolute Gasteiger partial charge is 0.252 e. The van der Waals surface area contributed by atoms with Crippen molar-refractivity contribution in [3.8, 4) is 0 Å². The highest BCUT2D eigenvalue weighted by Crippen LogP contribution is 2.28. The summed E-state index contributed by atoms with van der Waals surface area (Å²) in [5.74, 6) is 0.366. The Morgan fingerprint density at radius 1 is 1.37 bits per heavy atom. The summed E-state index contributed by atoms with van der Waals surface area (Å²) in [4.78, 5) is 12.3. The number of aliphatic hydroxyl groups excluding tert-OH is 1. The first-order valence-electron chi connectivity index (χ1n) is 6.66. The van der Waals surface area contributed by atoms with Gasteiger partial charge in [0.25, 0.3) is 5.91 Å². The molecule has 1 aromatic heterocycles. The van der Waals surface area contributed by atoms with Gasteiger partial charge in [-0.25, -0.2) is 0 Å². The first kappa shape index (κ1) is 12.6.